The zero-order valence-corrected chi connectivity index (χ0v) is 23.0. The molecule has 5 nitrogen and oxygen atoms in total. The lowest BCUT2D eigenvalue weighted by Gasteiger charge is -2.24. The smallest absolute Gasteiger partial charge is 0.346 e. The summed E-state index contributed by atoms with van der Waals surface area (Å²) >= 11 is 0. The van der Waals surface area contributed by atoms with E-state index in [1.807, 2.05) is 48.5 Å². The summed E-state index contributed by atoms with van der Waals surface area (Å²) in [5, 5.41) is 6.55. The van der Waals surface area contributed by atoms with E-state index in [0.717, 1.165) is 54.9 Å². The molecule has 0 aliphatic rings. The summed E-state index contributed by atoms with van der Waals surface area (Å²) in [5.41, 5.74) is 3.14. The fourth-order valence-corrected chi connectivity index (χ4v) is 6.88. The van der Waals surface area contributed by atoms with Gasteiger partial charge in [0.05, 0.1) is 25.6 Å². The lowest BCUT2D eigenvalue weighted by Crippen LogP contribution is -2.08. The van der Waals surface area contributed by atoms with E-state index in [-0.39, 0.29) is 0 Å². The Kier molecular flexibility index (Phi) is 6.07. The second kappa shape index (κ2) is 10.0. The van der Waals surface area contributed by atoms with E-state index < -0.39 is 8.16 Å². The van der Waals surface area contributed by atoms with Gasteiger partial charge in [-0.15, -0.1) is 0 Å². The zero-order valence-electron chi connectivity index (χ0n) is 22.1. The number of methoxy groups -OCH3 is 2. The van der Waals surface area contributed by atoms with Crippen LogP contribution in [0.3, 0.4) is 0 Å². The molecule has 0 atom stereocenters. The molecule has 0 saturated heterocycles. The minimum absolute atomic E-state index is 0.699. The molecule has 0 aliphatic heterocycles. The first-order chi connectivity index (χ1) is 19.8. The Morgan fingerprint density at radius 2 is 0.925 bits per heavy atom. The minimum Gasteiger partial charge on any atom is -0.495 e. The standard InChI is InChI=1S/C34H26NO4P/c1-36-29-17-9-7-15-27(29)35(28-16-8-10-18-30(28)37-2)40-38-31-21-19-23-11-3-5-13-25(23)33(31)34-26-14-6-4-12-24(26)20-22-32(34)39-40/h3-22H,1-2H3. The van der Waals surface area contributed by atoms with Crippen LogP contribution in [0.15, 0.2) is 130 Å². The van der Waals surface area contributed by atoms with Gasteiger partial charge in [-0.25, -0.2) is 4.67 Å². The molecule has 6 heteroatoms. The van der Waals surface area contributed by atoms with Gasteiger partial charge in [0.2, 0.25) is 0 Å². The number of fused-ring (bicyclic) bond motifs is 7. The maximum atomic E-state index is 6.92. The molecule has 7 rings (SSSR count). The summed E-state index contributed by atoms with van der Waals surface area (Å²) in [6, 6.07) is 40.9. The summed E-state index contributed by atoms with van der Waals surface area (Å²) < 4.78 is 27.5. The largest absolute Gasteiger partial charge is 0.495 e. The fourth-order valence-electron chi connectivity index (χ4n) is 5.35. The van der Waals surface area contributed by atoms with Gasteiger partial charge in [-0.05, 0) is 57.9 Å². The molecule has 1 aromatic heterocycles. The Bertz CT molecular complexity index is 1920. The van der Waals surface area contributed by atoms with Crippen LogP contribution < -0.4 is 14.1 Å². The Balaban J connectivity index is 1.68. The zero-order chi connectivity index (χ0) is 27.1. The third-order valence-corrected chi connectivity index (χ3v) is 8.64. The van der Waals surface area contributed by atoms with Crippen molar-refractivity contribution in [3.05, 3.63) is 121 Å². The van der Waals surface area contributed by atoms with E-state index in [9.17, 15) is 0 Å². The van der Waals surface area contributed by atoms with Gasteiger partial charge in [-0.3, -0.25) is 0 Å². The van der Waals surface area contributed by atoms with E-state index in [2.05, 4.69) is 77.5 Å². The van der Waals surface area contributed by atoms with Crippen molar-refractivity contribution in [3.8, 4) is 11.5 Å². The number of rotatable bonds is 5. The molecule has 0 amide bonds. The van der Waals surface area contributed by atoms with Crippen molar-refractivity contribution >= 4 is 63.0 Å². The molecule has 196 valence electrons. The third-order valence-electron chi connectivity index (χ3n) is 7.17. The van der Waals surface area contributed by atoms with Crippen LogP contribution in [0.1, 0.15) is 0 Å². The molecule has 0 saturated carbocycles. The summed E-state index contributed by atoms with van der Waals surface area (Å²) in [4.78, 5) is 0. The van der Waals surface area contributed by atoms with Crippen molar-refractivity contribution in [1.82, 2.24) is 0 Å². The molecule has 0 radical (unpaired) electrons. The Hall–Kier alpha value is -4.86. The quantitative estimate of drug-likeness (QED) is 0.216. The number of anilines is 2. The van der Waals surface area contributed by atoms with Crippen molar-refractivity contribution in [3.63, 3.8) is 0 Å². The minimum atomic E-state index is -1.77. The lowest BCUT2D eigenvalue weighted by molar-refractivity contribution is 0.413. The first-order valence-corrected chi connectivity index (χ1v) is 14.2. The number of ether oxygens (including phenoxy) is 2. The highest BCUT2D eigenvalue weighted by molar-refractivity contribution is 7.40. The van der Waals surface area contributed by atoms with Crippen LogP contribution in [0.5, 0.6) is 11.5 Å². The molecule has 0 aliphatic carbocycles. The molecule has 0 fully saturated rings. The molecule has 0 bridgehead atoms. The van der Waals surface area contributed by atoms with Crippen molar-refractivity contribution in [2.24, 2.45) is 0 Å². The van der Waals surface area contributed by atoms with E-state index in [1.165, 1.54) is 0 Å². The van der Waals surface area contributed by atoms with Gasteiger partial charge in [0.1, 0.15) is 22.7 Å². The highest BCUT2D eigenvalue weighted by Crippen LogP contribution is 2.51. The predicted molar refractivity (Wildman–Crippen MR) is 165 cm³/mol. The molecule has 0 N–H and O–H groups in total. The lowest BCUT2D eigenvalue weighted by atomic mass is 9.99. The number of nitrogens with zero attached hydrogens (tertiary/aromatic N) is 1. The molecule has 0 unspecified atom stereocenters. The Morgan fingerprint density at radius 1 is 0.500 bits per heavy atom. The van der Waals surface area contributed by atoms with Crippen molar-refractivity contribution in [2.45, 2.75) is 0 Å². The van der Waals surface area contributed by atoms with Crippen molar-refractivity contribution in [2.75, 3.05) is 18.9 Å². The monoisotopic (exact) mass is 543 g/mol. The second-order valence-electron chi connectivity index (χ2n) is 9.40. The van der Waals surface area contributed by atoms with Gasteiger partial charge >= 0.3 is 8.16 Å². The average molecular weight is 544 g/mol. The number of hydrogen-bond donors (Lipinski definition) is 0. The van der Waals surface area contributed by atoms with Crippen LogP contribution in [0.25, 0.3) is 43.5 Å². The topological polar surface area (TPSA) is 48.0 Å². The summed E-state index contributed by atoms with van der Waals surface area (Å²) in [6.07, 6.45) is 0. The highest BCUT2D eigenvalue weighted by Gasteiger charge is 2.25. The second-order valence-corrected chi connectivity index (χ2v) is 10.6. The normalized spacial score (nSPS) is 11.2. The summed E-state index contributed by atoms with van der Waals surface area (Å²) in [6.45, 7) is 0. The Morgan fingerprint density at radius 3 is 1.40 bits per heavy atom. The number of para-hydroxylation sites is 4. The van der Waals surface area contributed by atoms with Crippen LogP contribution in [0.2, 0.25) is 0 Å². The average Bonchev–Trinajstić information content (AvgIpc) is 3.19. The maximum absolute atomic E-state index is 6.92. The van der Waals surface area contributed by atoms with Crippen LogP contribution in [-0.2, 0) is 0 Å². The SMILES string of the molecule is COc1ccccc1N(c1ccccc1OC)p1oc2ccc3ccccc3c2c2c(ccc3ccccc32)o1. The van der Waals surface area contributed by atoms with Gasteiger partial charge in [-0.1, -0.05) is 84.9 Å². The highest BCUT2D eigenvalue weighted by atomic mass is 31.1. The van der Waals surface area contributed by atoms with E-state index in [1.54, 1.807) is 14.2 Å². The molecule has 7 aromatic rings. The first kappa shape index (κ1) is 24.2. The van der Waals surface area contributed by atoms with Crippen LogP contribution >= 0.6 is 8.16 Å². The van der Waals surface area contributed by atoms with Crippen LogP contribution in [0.4, 0.5) is 11.4 Å². The van der Waals surface area contributed by atoms with Gasteiger partial charge in [0.25, 0.3) is 0 Å². The molecule has 6 aromatic carbocycles. The molecule has 0 spiro atoms. The molecular weight excluding hydrogens is 517 g/mol. The predicted octanol–water partition coefficient (Wildman–Crippen LogP) is 10.2. The van der Waals surface area contributed by atoms with E-state index in [0.29, 0.717) is 11.5 Å². The van der Waals surface area contributed by atoms with Gasteiger partial charge in [0, 0.05) is 10.8 Å². The van der Waals surface area contributed by atoms with E-state index >= 15 is 0 Å². The fraction of sp³-hybridized carbons (Fsp3) is 0.0588. The first-order valence-electron chi connectivity index (χ1n) is 13.0. The Labute approximate surface area is 232 Å². The van der Waals surface area contributed by atoms with Gasteiger partial charge < -0.3 is 17.9 Å². The third kappa shape index (κ3) is 3.95. The van der Waals surface area contributed by atoms with Crippen molar-refractivity contribution in [1.29, 1.82) is 0 Å². The summed E-state index contributed by atoms with van der Waals surface area (Å²) in [5.74, 6) is 1.40. The molecule has 1 heterocycles. The molecular formula is C34H26NO4P. The van der Waals surface area contributed by atoms with Crippen LogP contribution in [0, 0.1) is 0 Å². The van der Waals surface area contributed by atoms with Crippen LogP contribution in [-0.4, -0.2) is 14.2 Å². The number of benzene rings is 6. The maximum Gasteiger partial charge on any atom is 0.346 e. The molecule has 40 heavy (non-hydrogen) atoms. The van der Waals surface area contributed by atoms with Crippen molar-refractivity contribution < 1.29 is 17.9 Å². The summed E-state index contributed by atoms with van der Waals surface area (Å²) in [7, 11) is 1.57. The van der Waals surface area contributed by atoms with Gasteiger partial charge in [-0.2, -0.15) is 0 Å². The van der Waals surface area contributed by atoms with Gasteiger partial charge in [0.15, 0.2) is 0 Å². The number of hydrogen-bond acceptors (Lipinski definition) is 5. The van der Waals surface area contributed by atoms with E-state index in [4.69, 9.17) is 17.9 Å².